The van der Waals surface area contributed by atoms with Crippen LogP contribution in [0.4, 0.5) is 0 Å². The average Bonchev–Trinajstić information content (AvgIpc) is 2.54. The smallest absolute Gasteiger partial charge is 0.309 e. The van der Waals surface area contributed by atoms with E-state index >= 15 is 0 Å². The quantitative estimate of drug-likeness (QED) is 0.339. The van der Waals surface area contributed by atoms with Crippen molar-refractivity contribution < 1.29 is 9.53 Å². The first-order valence-corrected chi connectivity index (χ1v) is 9.91. The first kappa shape index (κ1) is 19.5. The van der Waals surface area contributed by atoms with Gasteiger partial charge in [0.15, 0.2) is 0 Å². The molecule has 2 atom stereocenters. The molecular weight excluding hydrogens is 272 g/mol. The fourth-order valence-electron chi connectivity index (χ4n) is 4.15. The van der Waals surface area contributed by atoms with Crippen LogP contribution in [0, 0.1) is 17.8 Å². The summed E-state index contributed by atoms with van der Waals surface area (Å²) in [6, 6.07) is 0. The molecule has 0 aromatic rings. The van der Waals surface area contributed by atoms with Gasteiger partial charge in [0, 0.05) is 0 Å². The highest BCUT2D eigenvalue weighted by Gasteiger charge is 2.35. The lowest BCUT2D eigenvalue weighted by atomic mass is 9.72. The fourth-order valence-corrected chi connectivity index (χ4v) is 4.15. The predicted molar refractivity (Wildman–Crippen MR) is 93.9 cm³/mol. The second-order valence-electron chi connectivity index (χ2n) is 7.05. The second kappa shape index (κ2) is 12.0. The van der Waals surface area contributed by atoms with Gasteiger partial charge in [-0.1, -0.05) is 71.6 Å². The van der Waals surface area contributed by atoms with Crippen molar-refractivity contribution in [1.29, 1.82) is 0 Å². The molecule has 2 unspecified atom stereocenters. The molecule has 2 nitrogen and oxygen atoms in total. The molecule has 0 spiro atoms. The topological polar surface area (TPSA) is 26.3 Å². The van der Waals surface area contributed by atoms with Gasteiger partial charge < -0.3 is 4.74 Å². The molecule has 1 saturated carbocycles. The molecule has 0 amide bonds. The summed E-state index contributed by atoms with van der Waals surface area (Å²) >= 11 is 0. The van der Waals surface area contributed by atoms with Crippen LogP contribution in [0.2, 0.25) is 0 Å². The van der Waals surface area contributed by atoms with Gasteiger partial charge in [0.1, 0.15) is 0 Å². The fraction of sp³-hybridized carbons (Fsp3) is 0.950. The van der Waals surface area contributed by atoms with Crippen molar-refractivity contribution in [2.45, 2.75) is 97.8 Å². The van der Waals surface area contributed by atoms with Gasteiger partial charge in [-0.05, 0) is 38.0 Å². The van der Waals surface area contributed by atoms with Crippen molar-refractivity contribution in [3.63, 3.8) is 0 Å². The van der Waals surface area contributed by atoms with Gasteiger partial charge >= 0.3 is 5.97 Å². The first-order chi connectivity index (χ1) is 10.7. The Morgan fingerprint density at radius 2 is 1.68 bits per heavy atom. The zero-order chi connectivity index (χ0) is 16.2. The van der Waals surface area contributed by atoms with Gasteiger partial charge in [0.2, 0.25) is 0 Å². The molecule has 1 aliphatic rings. The minimum absolute atomic E-state index is 0.0924. The molecule has 1 fully saturated rings. The van der Waals surface area contributed by atoms with Crippen LogP contribution in [0.25, 0.3) is 0 Å². The highest BCUT2D eigenvalue weighted by molar-refractivity contribution is 5.73. The van der Waals surface area contributed by atoms with Crippen molar-refractivity contribution in [2.75, 3.05) is 6.61 Å². The summed E-state index contributed by atoms with van der Waals surface area (Å²) in [4.78, 5) is 12.6. The Bertz CT molecular complexity index is 281. The van der Waals surface area contributed by atoms with Crippen LogP contribution in [0.1, 0.15) is 97.8 Å². The number of carbonyl (C=O) groups excluding carboxylic acids is 1. The monoisotopic (exact) mass is 310 g/mol. The minimum atomic E-state index is 0.0924. The van der Waals surface area contributed by atoms with Crippen molar-refractivity contribution in [3.8, 4) is 0 Å². The van der Waals surface area contributed by atoms with Gasteiger partial charge in [-0.2, -0.15) is 0 Å². The molecule has 0 aromatic carbocycles. The lowest BCUT2D eigenvalue weighted by Crippen LogP contribution is -2.33. The number of hydrogen-bond acceptors (Lipinski definition) is 2. The molecular formula is C20H38O2. The summed E-state index contributed by atoms with van der Waals surface area (Å²) in [6.07, 6.45) is 15.3. The maximum Gasteiger partial charge on any atom is 0.309 e. The lowest BCUT2D eigenvalue weighted by molar-refractivity contribution is -0.153. The van der Waals surface area contributed by atoms with Gasteiger partial charge in [0.25, 0.3) is 0 Å². The van der Waals surface area contributed by atoms with Crippen LogP contribution in [0.15, 0.2) is 0 Å². The van der Waals surface area contributed by atoms with Crippen molar-refractivity contribution in [2.24, 2.45) is 17.8 Å². The molecule has 0 bridgehead atoms. The summed E-state index contributed by atoms with van der Waals surface area (Å²) in [6.45, 7) is 6.97. The molecule has 0 saturated heterocycles. The van der Waals surface area contributed by atoms with E-state index in [1.54, 1.807) is 0 Å². The Balaban J connectivity index is 2.58. The molecule has 1 rings (SSSR count). The van der Waals surface area contributed by atoms with E-state index in [1.807, 2.05) is 6.92 Å². The number of hydrogen-bond donors (Lipinski definition) is 0. The Hall–Kier alpha value is -0.530. The zero-order valence-corrected chi connectivity index (χ0v) is 15.2. The Morgan fingerprint density at radius 3 is 2.27 bits per heavy atom. The number of ether oxygens (including phenoxy) is 1. The van der Waals surface area contributed by atoms with Gasteiger partial charge in [0.05, 0.1) is 12.5 Å². The summed E-state index contributed by atoms with van der Waals surface area (Å²) in [5, 5.41) is 0. The van der Waals surface area contributed by atoms with Crippen molar-refractivity contribution in [1.82, 2.24) is 0 Å². The molecule has 0 heterocycles. The summed E-state index contributed by atoms with van der Waals surface area (Å²) in [5.41, 5.74) is 0. The van der Waals surface area contributed by atoms with E-state index in [0.717, 1.165) is 6.42 Å². The Labute approximate surface area is 138 Å². The Kier molecular flexibility index (Phi) is 10.6. The molecule has 22 heavy (non-hydrogen) atoms. The minimum Gasteiger partial charge on any atom is -0.466 e. The van der Waals surface area contributed by atoms with Crippen LogP contribution in [-0.4, -0.2) is 12.6 Å². The largest absolute Gasteiger partial charge is 0.466 e. The second-order valence-corrected chi connectivity index (χ2v) is 7.05. The maximum absolute atomic E-state index is 12.6. The molecule has 2 heteroatoms. The number of rotatable bonds is 11. The average molecular weight is 311 g/mol. The van der Waals surface area contributed by atoms with Crippen LogP contribution in [-0.2, 0) is 9.53 Å². The first-order valence-electron chi connectivity index (χ1n) is 9.91. The highest BCUT2D eigenvalue weighted by Crippen LogP contribution is 2.38. The van der Waals surface area contributed by atoms with Crippen LogP contribution in [0.5, 0.6) is 0 Å². The number of unbranched alkanes of at least 4 members (excludes halogenated alkanes) is 4. The SMILES string of the molecule is CCCCCCCC(CC)C(C(=O)OCC)C1CCCCC1. The van der Waals surface area contributed by atoms with E-state index in [-0.39, 0.29) is 11.9 Å². The zero-order valence-electron chi connectivity index (χ0n) is 15.2. The van der Waals surface area contributed by atoms with Crippen LogP contribution < -0.4 is 0 Å². The summed E-state index contributed by atoms with van der Waals surface area (Å²) in [5.74, 6) is 1.36. The molecule has 1 aliphatic carbocycles. The van der Waals surface area contributed by atoms with Gasteiger partial charge in [-0.15, -0.1) is 0 Å². The van der Waals surface area contributed by atoms with E-state index in [2.05, 4.69) is 13.8 Å². The lowest BCUT2D eigenvalue weighted by Gasteiger charge is -2.34. The predicted octanol–water partition coefficient (Wildman–Crippen LogP) is 6.13. The highest BCUT2D eigenvalue weighted by atomic mass is 16.5. The molecule has 130 valence electrons. The third-order valence-electron chi connectivity index (χ3n) is 5.43. The van der Waals surface area contributed by atoms with Gasteiger partial charge in [-0.3, -0.25) is 4.79 Å². The third-order valence-corrected chi connectivity index (χ3v) is 5.43. The third kappa shape index (κ3) is 6.71. The Morgan fingerprint density at radius 1 is 1.00 bits per heavy atom. The van der Waals surface area contributed by atoms with E-state index in [9.17, 15) is 4.79 Å². The normalized spacial score (nSPS) is 18.9. The molecule has 0 N–H and O–H groups in total. The summed E-state index contributed by atoms with van der Waals surface area (Å²) < 4.78 is 5.45. The van der Waals surface area contributed by atoms with Crippen LogP contribution >= 0.6 is 0 Å². The molecule has 0 radical (unpaired) electrons. The van der Waals surface area contributed by atoms with E-state index < -0.39 is 0 Å². The van der Waals surface area contributed by atoms with Gasteiger partial charge in [-0.25, -0.2) is 0 Å². The van der Waals surface area contributed by atoms with E-state index in [4.69, 9.17) is 4.74 Å². The van der Waals surface area contributed by atoms with E-state index in [1.165, 1.54) is 70.6 Å². The summed E-state index contributed by atoms with van der Waals surface area (Å²) in [7, 11) is 0. The molecule has 0 aliphatic heterocycles. The van der Waals surface area contributed by atoms with Crippen molar-refractivity contribution in [3.05, 3.63) is 0 Å². The van der Waals surface area contributed by atoms with Crippen LogP contribution in [0.3, 0.4) is 0 Å². The van der Waals surface area contributed by atoms with E-state index in [0.29, 0.717) is 18.4 Å². The van der Waals surface area contributed by atoms with Crippen molar-refractivity contribution >= 4 is 5.97 Å². The number of esters is 1. The number of carbonyl (C=O) groups is 1. The maximum atomic E-state index is 12.6. The standard InChI is InChI=1S/C20H38O2/c1-4-7-8-9-11-14-17(5-2)19(20(21)22-6-3)18-15-12-10-13-16-18/h17-19H,4-16H2,1-3H3. The molecule has 0 aromatic heterocycles.